The van der Waals surface area contributed by atoms with Gasteiger partial charge in [-0.25, -0.2) is 23.5 Å². The predicted octanol–water partition coefficient (Wildman–Crippen LogP) is -0.231. The highest BCUT2D eigenvalue weighted by molar-refractivity contribution is 8.03. The number of likely N-dealkylation sites (tertiary alicyclic amines) is 1. The maximum absolute atomic E-state index is 13.2. The third-order valence-corrected chi connectivity index (χ3v) is 10.0. The van der Waals surface area contributed by atoms with Crippen LogP contribution in [0.1, 0.15) is 33.1 Å². The van der Waals surface area contributed by atoms with E-state index in [0.29, 0.717) is 39.0 Å². The molecule has 2 saturated heterocycles. The molecule has 264 valence electrons. The summed E-state index contributed by atoms with van der Waals surface area (Å²) in [5, 5.41) is 13.0. The average Bonchev–Trinajstić information content (AvgIpc) is 3.74. The molecule has 2 fully saturated rings. The first-order chi connectivity index (χ1) is 22.6. The number of nitrogens with one attached hydrogen (secondary N) is 1. The van der Waals surface area contributed by atoms with Crippen LogP contribution in [0.25, 0.3) is 0 Å². The third kappa shape index (κ3) is 9.22. The summed E-state index contributed by atoms with van der Waals surface area (Å²) in [4.78, 5) is 54.9. The number of fused-ring (bicyclic) bond motifs is 1. The van der Waals surface area contributed by atoms with Crippen LogP contribution in [0.4, 0.5) is 9.59 Å². The summed E-state index contributed by atoms with van der Waals surface area (Å²) in [6.45, 7) is 16.8. The summed E-state index contributed by atoms with van der Waals surface area (Å²) in [5.41, 5.74) is 0.223. The van der Waals surface area contributed by atoms with Gasteiger partial charge in [0.15, 0.2) is 0 Å². The predicted molar refractivity (Wildman–Crippen MR) is 175 cm³/mol. The lowest BCUT2D eigenvalue weighted by molar-refractivity contribution is -0.697. The number of hydrogen-bond donors (Lipinski definition) is 2. The number of aromatic nitrogens is 2. The van der Waals surface area contributed by atoms with E-state index in [2.05, 4.69) is 29.6 Å². The number of rotatable bonds is 17. The smallest absolute Gasteiger partial charge is 0.410 e. The Morgan fingerprint density at radius 3 is 2.52 bits per heavy atom. The number of carbonyl (C=O) groups excluding carboxylic acids is 4. The van der Waals surface area contributed by atoms with Crippen LogP contribution in [0.5, 0.6) is 0 Å². The number of alkyl carbamates (subject to hydrolysis) is 1. The molecule has 4 rings (SSSR count). The minimum absolute atomic E-state index is 0. The summed E-state index contributed by atoms with van der Waals surface area (Å²) in [6, 6.07) is -0.451. The van der Waals surface area contributed by atoms with Gasteiger partial charge in [-0.05, 0) is 13.3 Å². The number of aryl methyl sites for hydroxylation is 2. The van der Waals surface area contributed by atoms with Gasteiger partial charge in [0.1, 0.15) is 37.9 Å². The highest BCUT2D eigenvalue weighted by Gasteiger charge is 2.60. The molecular weight excluding hydrogens is 753 g/mol. The highest BCUT2D eigenvalue weighted by atomic mass is 127. The number of imidazole rings is 1. The van der Waals surface area contributed by atoms with Gasteiger partial charge in [0.25, 0.3) is 0 Å². The number of esters is 1. The first kappa shape index (κ1) is 39.1. The van der Waals surface area contributed by atoms with Gasteiger partial charge in [-0.1, -0.05) is 44.9 Å². The number of amides is 3. The SMILES string of the molecule is C=CCOC(=O)NCCCn1cc[n+](CC[C@@H]2C[C@H](SC3=C(C(=O)OCC=C)N4C(=O)[C@H]([C@@H](C)O)[C@H]4[C@H]3C)CN2C(=O)OCC=C)c1.[I-]. The molecule has 0 aliphatic carbocycles. The molecule has 2 N–H and O–H groups in total. The molecule has 48 heavy (non-hydrogen) atoms. The number of hydrogen-bond acceptors (Lipinski definition) is 9. The van der Waals surface area contributed by atoms with E-state index in [1.54, 1.807) is 11.8 Å². The standard InChI is InChI=1S/C33H45N5O8S.HI/c1-6-16-44-31(41)28-29(22(4)27-26(23(5)39)30(40)38(27)28)47-25-19-24(37(20-25)33(43)46-18-8-3)10-13-36-15-14-35(21-36)12-9-11-34-32(42)45-17-7-2;/h6-8,14-15,21-27,39H,1-3,9-13,16-20H2,4-5H3;1H/t22-,23-,24-,25+,26-,27-;/m1./s1. The molecule has 3 aliphatic heterocycles. The van der Waals surface area contributed by atoms with Crippen molar-refractivity contribution in [1.29, 1.82) is 0 Å². The molecule has 15 heteroatoms. The van der Waals surface area contributed by atoms with Crippen LogP contribution in [0.3, 0.4) is 0 Å². The Bertz CT molecular complexity index is 1380. The van der Waals surface area contributed by atoms with Gasteiger partial charge >= 0.3 is 18.2 Å². The molecular formula is C33H46IN5O8S. The van der Waals surface area contributed by atoms with Crippen LogP contribution in [0.2, 0.25) is 0 Å². The van der Waals surface area contributed by atoms with Gasteiger partial charge < -0.3 is 58.4 Å². The van der Waals surface area contributed by atoms with Crippen LogP contribution in [0, 0.1) is 11.8 Å². The summed E-state index contributed by atoms with van der Waals surface area (Å²) in [7, 11) is 0. The van der Waals surface area contributed by atoms with Crippen molar-refractivity contribution in [2.24, 2.45) is 11.8 Å². The molecule has 0 bridgehead atoms. The van der Waals surface area contributed by atoms with E-state index < -0.39 is 30.2 Å². The van der Waals surface area contributed by atoms with Crippen LogP contribution in [0.15, 0.2) is 67.3 Å². The van der Waals surface area contributed by atoms with Gasteiger partial charge in [-0.3, -0.25) is 4.79 Å². The van der Waals surface area contributed by atoms with Crippen molar-refractivity contribution in [1.82, 2.24) is 19.7 Å². The van der Waals surface area contributed by atoms with Crippen LogP contribution >= 0.6 is 11.8 Å². The maximum Gasteiger partial charge on any atom is 0.410 e. The van der Waals surface area contributed by atoms with E-state index in [1.165, 1.54) is 34.9 Å². The van der Waals surface area contributed by atoms with Gasteiger partial charge in [-0.15, -0.1) is 11.8 Å². The summed E-state index contributed by atoms with van der Waals surface area (Å²) in [5.74, 6) is -1.66. The maximum atomic E-state index is 13.2. The van der Waals surface area contributed by atoms with Crippen molar-refractivity contribution in [3.05, 3.63) is 67.3 Å². The summed E-state index contributed by atoms with van der Waals surface area (Å²) in [6.07, 6.45) is 10.8. The second-order valence-electron chi connectivity index (χ2n) is 11.8. The molecule has 4 heterocycles. The molecule has 0 spiro atoms. The van der Waals surface area contributed by atoms with Crippen LogP contribution in [-0.2, 0) is 36.9 Å². The minimum Gasteiger partial charge on any atom is -1.00 e. The van der Waals surface area contributed by atoms with E-state index in [-0.39, 0.29) is 78.7 Å². The Kier molecular flexibility index (Phi) is 15.0. The molecule has 3 aliphatic rings. The number of aliphatic hydroxyl groups is 1. The minimum atomic E-state index is -0.845. The second-order valence-corrected chi connectivity index (χ2v) is 13.2. The molecule has 3 amide bonds. The quantitative estimate of drug-likeness (QED) is 0.0416. The number of β-lactam (4-membered cyclic amide) rings is 1. The first-order valence-electron chi connectivity index (χ1n) is 15.9. The Hall–Kier alpha value is -3.31. The fraction of sp³-hybridized carbons (Fsp3) is 0.545. The largest absolute Gasteiger partial charge is 1.00 e. The third-order valence-electron chi connectivity index (χ3n) is 8.52. The van der Waals surface area contributed by atoms with Crippen LogP contribution in [-0.4, -0.2) is 99.9 Å². The van der Waals surface area contributed by atoms with Crippen molar-refractivity contribution in [2.45, 2.75) is 69.6 Å². The average molecular weight is 800 g/mol. The number of halogens is 1. The fourth-order valence-corrected chi connectivity index (χ4v) is 7.92. The summed E-state index contributed by atoms with van der Waals surface area (Å²) < 4.78 is 19.8. The van der Waals surface area contributed by atoms with Crippen LogP contribution < -0.4 is 33.9 Å². The zero-order valence-corrected chi connectivity index (χ0v) is 30.5. The van der Waals surface area contributed by atoms with E-state index in [9.17, 15) is 24.3 Å². The monoisotopic (exact) mass is 799 g/mol. The molecule has 6 atom stereocenters. The molecule has 0 aromatic carbocycles. The lowest BCUT2D eigenvalue weighted by atomic mass is 9.79. The number of thioether (sulfide) groups is 1. The molecule has 1 aromatic heterocycles. The molecule has 0 unspecified atom stereocenters. The summed E-state index contributed by atoms with van der Waals surface area (Å²) >= 11 is 1.50. The Labute approximate surface area is 303 Å². The first-order valence-corrected chi connectivity index (χ1v) is 16.8. The van der Waals surface area contributed by atoms with Gasteiger partial charge in [0.05, 0.1) is 31.2 Å². The Morgan fingerprint density at radius 2 is 1.83 bits per heavy atom. The van der Waals surface area contributed by atoms with Crippen molar-refractivity contribution in [3.63, 3.8) is 0 Å². The van der Waals surface area contributed by atoms with Gasteiger partial charge in [-0.2, -0.15) is 0 Å². The number of ether oxygens (including phenoxy) is 3. The highest BCUT2D eigenvalue weighted by Crippen LogP contribution is 2.52. The van der Waals surface area contributed by atoms with E-state index in [4.69, 9.17) is 14.2 Å². The van der Waals surface area contributed by atoms with Crippen molar-refractivity contribution in [2.75, 3.05) is 32.9 Å². The van der Waals surface area contributed by atoms with Crippen molar-refractivity contribution >= 4 is 35.8 Å². The Morgan fingerprint density at radius 1 is 1.15 bits per heavy atom. The lowest BCUT2D eigenvalue weighted by Crippen LogP contribution is -3.00. The Balaban J connectivity index is 0.00000625. The van der Waals surface area contributed by atoms with Crippen molar-refractivity contribution < 1.29 is 67.0 Å². The van der Waals surface area contributed by atoms with Gasteiger partial charge in [0, 0.05) is 48.0 Å². The molecule has 0 saturated carbocycles. The van der Waals surface area contributed by atoms with Gasteiger partial charge in [0.2, 0.25) is 12.2 Å². The zero-order chi connectivity index (χ0) is 34.1. The normalized spacial score (nSPS) is 23.4. The molecule has 0 radical (unpaired) electrons. The topological polar surface area (TPSA) is 144 Å². The zero-order valence-electron chi connectivity index (χ0n) is 27.5. The van der Waals surface area contributed by atoms with E-state index in [1.807, 2.05) is 30.2 Å². The molecule has 13 nitrogen and oxygen atoms in total. The fourth-order valence-electron chi connectivity index (χ4n) is 6.36. The lowest BCUT2D eigenvalue weighted by Gasteiger charge is -2.46. The van der Waals surface area contributed by atoms with Crippen molar-refractivity contribution in [3.8, 4) is 0 Å². The second kappa shape index (κ2) is 18.5. The van der Waals surface area contributed by atoms with E-state index in [0.717, 1.165) is 11.3 Å². The number of nitrogens with zero attached hydrogens (tertiary/aromatic N) is 4. The molecule has 1 aromatic rings. The van der Waals surface area contributed by atoms with E-state index >= 15 is 0 Å². The number of carbonyl (C=O) groups is 4. The number of aliphatic hydroxyl groups excluding tert-OH is 1.